The highest BCUT2D eigenvalue weighted by molar-refractivity contribution is 7.98. The third-order valence-corrected chi connectivity index (χ3v) is 15.1. The van der Waals surface area contributed by atoms with E-state index in [-0.39, 0.29) is 11.6 Å². The molecule has 2 aliphatic heterocycles. The van der Waals surface area contributed by atoms with Crippen molar-refractivity contribution in [3.05, 3.63) is 142 Å². The lowest BCUT2D eigenvalue weighted by molar-refractivity contribution is -0.384. The minimum Gasteiger partial charge on any atom is -0.455 e. The largest absolute Gasteiger partial charge is 0.455 e. The monoisotopic (exact) mass is 896 g/mol. The maximum atomic E-state index is 13.8. The minimum absolute atomic E-state index is 0.0673. The third kappa shape index (κ3) is 9.33. The SMILES string of the molecule is CNc1ccc(SNC(=O)c2ccc(N3CCC4(CC3)CC(N3CCN(Cc5ccc(SC)cc5)CC3c3ccccc3C(C)C)C4)cc2Oc2cnc3[nH]ccc3c2)cc1[N+](=O)[O-]. The third-order valence-electron chi connectivity index (χ3n) is 13.6. The van der Waals surface area contributed by atoms with Crippen LogP contribution in [-0.2, 0) is 6.54 Å². The number of rotatable bonds is 14. The Morgan fingerprint density at radius 2 is 1.75 bits per heavy atom. The smallest absolute Gasteiger partial charge is 0.293 e. The zero-order chi connectivity index (χ0) is 44.4. The first-order valence-electron chi connectivity index (χ1n) is 22.2. The van der Waals surface area contributed by atoms with Gasteiger partial charge in [0, 0.05) is 97.6 Å². The van der Waals surface area contributed by atoms with E-state index in [2.05, 4.69) is 103 Å². The molecular weight excluding hydrogens is 841 g/mol. The standard InChI is InChI=1S/C50H56N8O4S2/c1-33(2)41-7-5-6-8-42(41)46-32-55(31-34-9-12-39(63-4)13-10-34)23-24-57(46)37-28-50(29-37)18-21-56(22-19-50)36-11-15-43(47(26-36)62-38-25-35-17-20-52-48(35)53-30-38)49(59)54-64-40-14-16-44(51-3)45(27-40)58(60)61/h5-17,20,25-27,30,33,37,46,51H,18-19,21-24,28-29,31-32H2,1-4H3,(H,52,53)(H,54,59). The minimum atomic E-state index is -0.442. The van der Waals surface area contributed by atoms with Gasteiger partial charge in [0.05, 0.1) is 16.7 Å². The highest BCUT2D eigenvalue weighted by atomic mass is 32.2. The van der Waals surface area contributed by atoms with Crippen LogP contribution < -0.4 is 19.7 Å². The fourth-order valence-electron chi connectivity index (χ4n) is 10.0. The van der Waals surface area contributed by atoms with Gasteiger partial charge in [-0.3, -0.25) is 29.4 Å². The summed E-state index contributed by atoms with van der Waals surface area (Å²) in [6, 6.07) is 33.6. The molecule has 4 aromatic carbocycles. The van der Waals surface area contributed by atoms with Crippen LogP contribution in [-0.4, -0.2) is 82.7 Å². The molecule has 2 saturated heterocycles. The number of benzene rings is 4. The van der Waals surface area contributed by atoms with Crippen LogP contribution in [0.2, 0.25) is 0 Å². The average molecular weight is 897 g/mol. The number of ether oxygens (including phenoxy) is 1. The molecule has 3 aliphatic rings. The molecule has 0 bridgehead atoms. The number of nitro benzene ring substituents is 1. The van der Waals surface area contributed by atoms with Crippen LogP contribution in [0, 0.1) is 15.5 Å². The summed E-state index contributed by atoms with van der Waals surface area (Å²) >= 11 is 2.82. The van der Waals surface area contributed by atoms with Crippen LogP contribution in [0.3, 0.4) is 0 Å². The Kier molecular flexibility index (Phi) is 12.9. The van der Waals surface area contributed by atoms with Gasteiger partial charge in [0.1, 0.15) is 22.8 Å². The summed E-state index contributed by atoms with van der Waals surface area (Å²) < 4.78 is 9.34. The molecule has 1 atom stereocenters. The molecule has 3 N–H and O–H groups in total. The Bertz CT molecular complexity index is 2620. The summed E-state index contributed by atoms with van der Waals surface area (Å²) in [5.41, 5.74) is 7.09. The summed E-state index contributed by atoms with van der Waals surface area (Å²) in [5.74, 6) is 1.02. The number of nitro groups is 1. The second-order valence-corrected chi connectivity index (χ2v) is 19.5. The number of nitrogens with zero attached hydrogens (tertiary/aromatic N) is 5. The maximum absolute atomic E-state index is 13.8. The van der Waals surface area contributed by atoms with Crippen LogP contribution in [0.15, 0.2) is 119 Å². The van der Waals surface area contributed by atoms with Gasteiger partial charge in [-0.1, -0.05) is 50.2 Å². The summed E-state index contributed by atoms with van der Waals surface area (Å²) in [4.78, 5) is 42.4. The van der Waals surface area contributed by atoms with E-state index in [1.54, 1.807) is 37.1 Å². The van der Waals surface area contributed by atoms with Gasteiger partial charge >= 0.3 is 0 Å². The van der Waals surface area contributed by atoms with Crippen LogP contribution >= 0.6 is 23.7 Å². The van der Waals surface area contributed by atoms with E-state index >= 15 is 0 Å². The number of piperazine rings is 1. The highest BCUT2D eigenvalue weighted by Crippen LogP contribution is 2.53. The number of fused-ring (bicyclic) bond motifs is 1. The van der Waals surface area contributed by atoms with Crippen molar-refractivity contribution in [2.24, 2.45) is 5.41 Å². The highest BCUT2D eigenvalue weighted by Gasteiger charge is 2.50. The number of H-pyrrole nitrogens is 1. The maximum Gasteiger partial charge on any atom is 0.293 e. The van der Waals surface area contributed by atoms with Gasteiger partial charge in [-0.2, -0.15) is 0 Å². The van der Waals surface area contributed by atoms with Crippen molar-refractivity contribution in [1.82, 2.24) is 24.5 Å². The van der Waals surface area contributed by atoms with Gasteiger partial charge < -0.3 is 19.9 Å². The number of piperidine rings is 1. The molecule has 1 spiro atoms. The summed E-state index contributed by atoms with van der Waals surface area (Å²) in [5, 5.41) is 15.4. The van der Waals surface area contributed by atoms with E-state index in [1.165, 1.54) is 40.5 Å². The Morgan fingerprint density at radius 1 is 0.969 bits per heavy atom. The first-order valence-corrected chi connectivity index (χ1v) is 24.3. The van der Waals surface area contributed by atoms with Gasteiger partial charge in [0.2, 0.25) is 0 Å². The van der Waals surface area contributed by atoms with E-state index in [9.17, 15) is 14.9 Å². The second-order valence-electron chi connectivity index (χ2n) is 17.8. The van der Waals surface area contributed by atoms with Crippen LogP contribution in [0.25, 0.3) is 11.0 Å². The number of hydrogen-bond acceptors (Lipinski definition) is 11. The Hall–Kier alpha value is -5.54. The van der Waals surface area contributed by atoms with Crippen molar-refractivity contribution in [3.63, 3.8) is 0 Å². The quantitative estimate of drug-likeness (QED) is 0.0418. The Balaban J connectivity index is 0.888. The van der Waals surface area contributed by atoms with Crippen LogP contribution in [0.4, 0.5) is 17.1 Å². The molecule has 2 aromatic heterocycles. The fraction of sp³-hybridized carbons (Fsp3) is 0.360. The number of aromatic amines is 1. The molecule has 1 aliphatic carbocycles. The number of nitrogens with one attached hydrogen (secondary N) is 3. The molecule has 1 amide bonds. The normalized spacial score (nSPS) is 18.0. The lowest BCUT2D eigenvalue weighted by Gasteiger charge is -2.58. The molecule has 332 valence electrons. The summed E-state index contributed by atoms with van der Waals surface area (Å²) in [7, 11) is 1.64. The first-order chi connectivity index (χ1) is 31.1. The van der Waals surface area contributed by atoms with E-state index < -0.39 is 4.92 Å². The average Bonchev–Trinajstić information content (AvgIpc) is 3.78. The molecule has 14 heteroatoms. The topological polar surface area (TPSA) is 132 Å². The zero-order valence-electron chi connectivity index (χ0n) is 36.9. The number of hydrogen-bond donors (Lipinski definition) is 3. The number of carbonyl (C=O) groups excluding carboxylic acids is 1. The van der Waals surface area contributed by atoms with Crippen molar-refractivity contribution >= 4 is 57.7 Å². The molecular formula is C50H56N8O4S2. The predicted molar refractivity (Wildman–Crippen MR) is 259 cm³/mol. The lowest BCUT2D eigenvalue weighted by Crippen LogP contribution is -2.60. The van der Waals surface area contributed by atoms with E-state index in [0.29, 0.717) is 51.1 Å². The molecule has 6 aromatic rings. The van der Waals surface area contributed by atoms with Crippen molar-refractivity contribution < 1.29 is 14.5 Å². The number of pyridine rings is 1. The number of amides is 1. The van der Waals surface area contributed by atoms with Gasteiger partial charge in [-0.15, -0.1) is 11.8 Å². The lowest BCUT2D eigenvalue weighted by atomic mass is 9.59. The summed E-state index contributed by atoms with van der Waals surface area (Å²) in [6.45, 7) is 10.6. The number of aromatic nitrogens is 2. The molecule has 0 radical (unpaired) electrons. The van der Waals surface area contributed by atoms with Crippen molar-refractivity contribution in [3.8, 4) is 11.5 Å². The number of carbonyl (C=O) groups is 1. The van der Waals surface area contributed by atoms with Crippen molar-refractivity contribution in [2.75, 3.05) is 56.2 Å². The van der Waals surface area contributed by atoms with Crippen molar-refractivity contribution in [1.29, 1.82) is 0 Å². The van der Waals surface area contributed by atoms with E-state index in [4.69, 9.17) is 4.74 Å². The van der Waals surface area contributed by atoms with Crippen LogP contribution in [0.5, 0.6) is 11.5 Å². The first kappa shape index (κ1) is 43.7. The van der Waals surface area contributed by atoms with Crippen molar-refractivity contribution in [2.45, 2.75) is 73.9 Å². The number of thioether (sulfide) groups is 1. The fourth-order valence-corrected chi connectivity index (χ4v) is 11.1. The van der Waals surface area contributed by atoms with E-state index in [1.807, 2.05) is 36.5 Å². The second kappa shape index (κ2) is 18.9. The van der Waals surface area contributed by atoms with Gasteiger partial charge in [0.15, 0.2) is 0 Å². The number of anilines is 2. The van der Waals surface area contributed by atoms with Gasteiger partial charge in [-0.25, -0.2) is 4.98 Å². The molecule has 64 heavy (non-hydrogen) atoms. The Morgan fingerprint density at radius 3 is 2.50 bits per heavy atom. The molecule has 1 unspecified atom stereocenters. The van der Waals surface area contributed by atoms with Gasteiger partial charge in [-0.05, 0) is 120 Å². The zero-order valence-corrected chi connectivity index (χ0v) is 38.5. The Labute approximate surface area is 383 Å². The molecule has 4 heterocycles. The molecule has 1 saturated carbocycles. The van der Waals surface area contributed by atoms with Gasteiger partial charge in [0.25, 0.3) is 11.6 Å². The molecule has 3 fully saturated rings. The molecule has 12 nitrogen and oxygen atoms in total. The summed E-state index contributed by atoms with van der Waals surface area (Å²) in [6.07, 6.45) is 10.3. The predicted octanol–water partition coefficient (Wildman–Crippen LogP) is 10.9. The van der Waals surface area contributed by atoms with E-state index in [0.717, 1.165) is 80.8 Å². The molecule has 9 rings (SSSR count). The van der Waals surface area contributed by atoms with Crippen LogP contribution in [0.1, 0.15) is 78.5 Å².